The summed E-state index contributed by atoms with van der Waals surface area (Å²) in [6.07, 6.45) is 0.776. The lowest BCUT2D eigenvalue weighted by atomic mass is 10.3. The normalized spacial score (nSPS) is 23.2. The second-order valence-corrected chi connectivity index (χ2v) is 2.50. The van der Waals surface area contributed by atoms with Gasteiger partial charge in [-0.2, -0.15) is 0 Å². The molecule has 1 saturated heterocycles. The second kappa shape index (κ2) is 3.96. The van der Waals surface area contributed by atoms with Crippen LogP contribution in [-0.2, 0) is 9.47 Å². The minimum atomic E-state index is -0.203. The predicted octanol–water partition coefficient (Wildman–Crippen LogP) is 1.89. The Morgan fingerprint density at radius 2 is 2.10 bits per heavy atom. The maximum absolute atomic E-state index is 5.46. The molecule has 1 aliphatic rings. The Bertz CT molecular complexity index is 128. The summed E-state index contributed by atoms with van der Waals surface area (Å²) in [5.41, 5.74) is 2.43. The predicted molar refractivity (Wildman–Crippen MR) is 39.9 cm³/mol. The monoisotopic (exact) mass is 162 g/mol. The van der Waals surface area contributed by atoms with Gasteiger partial charge in [0.1, 0.15) is 0 Å². The topological polar surface area (TPSA) is 18.5 Å². The molecule has 58 valence electrons. The van der Waals surface area contributed by atoms with Crippen molar-refractivity contribution in [3.63, 3.8) is 0 Å². The Balaban J connectivity index is 2.39. The van der Waals surface area contributed by atoms with Crippen LogP contribution in [0.5, 0.6) is 0 Å². The number of rotatable bonds is 1. The van der Waals surface area contributed by atoms with Gasteiger partial charge in [-0.3, -0.25) is 0 Å². The van der Waals surface area contributed by atoms with Crippen LogP contribution in [0.1, 0.15) is 13.3 Å². The average Bonchev–Trinajstić information content (AvgIpc) is 2.05. The number of hydrogen-bond donors (Lipinski definition) is 0. The molecule has 3 heteroatoms. The maximum atomic E-state index is 5.46. The first kappa shape index (κ1) is 8.05. The Hall–Kier alpha value is -0.0500. The van der Waals surface area contributed by atoms with Crippen molar-refractivity contribution in [2.24, 2.45) is 0 Å². The molecular formula is C7H11ClO2. The van der Waals surface area contributed by atoms with E-state index in [4.69, 9.17) is 21.1 Å². The van der Waals surface area contributed by atoms with Crippen molar-refractivity contribution < 1.29 is 9.47 Å². The maximum Gasteiger partial charge on any atom is 0.180 e. The molecule has 1 aliphatic heterocycles. The quantitative estimate of drug-likeness (QED) is 0.586. The lowest BCUT2D eigenvalue weighted by Gasteiger charge is -2.23. The van der Waals surface area contributed by atoms with Crippen molar-refractivity contribution in [2.45, 2.75) is 19.6 Å². The molecule has 0 radical (unpaired) electrons. The van der Waals surface area contributed by atoms with Gasteiger partial charge >= 0.3 is 0 Å². The summed E-state index contributed by atoms with van der Waals surface area (Å²) in [6.45, 7) is 3.43. The van der Waals surface area contributed by atoms with Crippen LogP contribution in [0, 0.1) is 0 Å². The fraction of sp³-hybridized carbons (Fsp3) is 0.714. The first-order valence-corrected chi connectivity index (χ1v) is 3.78. The van der Waals surface area contributed by atoms with Crippen molar-refractivity contribution in [2.75, 3.05) is 13.2 Å². The van der Waals surface area contributed by atoms with Gasteiger partial charge in [0.05, 0.1) is 13.2 Å². The molecule has 0 spiro atoms. The third-order valence-electron chi connectivity index (χ3n) is 1.37. The summed E-state index contributed by atoms with van der Waals surface area (Å²) in [7, 11) is 0. The minimum absolute atomic E-state index is 0.203. The van der Waals surface area contributed by atoms with E-state index >= 15 is 0 Å². The van der Waals surface area contributed by atoms with Gasteiger partial charge in [-0.05, 0) is 18.9 Å². The molecule has 1 rings (SSSR count). The van der Waals surface area contributed by atoms with E-state index < -0.39 is 0 Å². The van der Waals surface area contributed by atoms with E-state index in [1.165, 1.54) is 5.54 Å². The largest absolute Gasteiger partial charge is 0.349 e. The second-order valence-electron chi connectivity index (χ2n) is 2.28. The van der Waals surface area contributed by atoms with Gasteiger partial charge in [0.15, 0.2) is 6.29 Å². The van der Waals surface area contributed by atoms with E-state index in [1.54, 1.807) is 0 Å². The fourth-order valence-corrected chi connectivity index (χ4v) is 0.905. The van der Waals surface area contributed by atoms with Gasteiger partial charge in [-0.25, -0.2) is 0 Å². The van der Waals surface area contributed by atoms with Crippen molar-refractivity contribution in [1.82, 2.24) is 0 Å². The Morgan fingerprint density at radius 1 is 1.50 bits per heavy atom. The molecule has 2 nitrogen and oxygen atoms in total. The van der Waals surface area contributed by atoms with Gasteiger partial charge in [-0.1, -0.05) is 11.6 Å². The van der Waals surface area contributed by atoms with Crippen LogP contribution < -0.4 is 0 Å². The van der Waals surface area contributed by atoms with Crippen LogP contribution in [0.2, 0.25) is 0 Å². The van der Waals surface area contributed by atoms with Crippen LogP contribution in [-0.4, -0.2) is 19.5 Å². The standard InChI is InChI=1S/C7H11ClO2/c1-6(5-8)7-9-3-2-4-10-7/h5,7H,2-4H2,1H3/b6-5+. The SMILES string of the molecule is C/C(=C\Cl)C1OCCCO1. The van der Waals surface area contributed by atoms with Crippen LogP contribution in [0.25, 0.3) is 0 Å². The Morgan fingerprint density at radius 3 is 2.60 bits per heavy atom. The van der Waals surface area contributed by atoms with Gasteiger partial charge in [0.25, 0.3) is 0 Å². The number of halogens is 1. The molecule has 0 bridgehead atoms. The van der Waals surface area contributed by atoms with E-state index in [-0.39, 0.29) is 6.29 Å². The zero-order chi connectivity index (χ0) is 7.40. The molecule has 0 aromatic heterocycles. The Kier molecular flexibility index (Phi) is 3.19. The van der Waals surface area contributed by atoms with Gasteiger partial charge < -0.3 is 9.47 Å². The lowest BCUT2D eigenvalue weighted by Crippen LogP contribution is -2.25. The molecule has 0 amide bonds. The van der Waals surface area contributed by atoms with E-state index in [2.05, 4.69) is 0 Å². The van der Waals surface area contributed by atoms with Crippen molar-refractivity contribution in [3.05, 3.63) is 11.1 Å². The summed E-state index contributed by atoms with van der Waals surface area (Å²) >= 11 is 5.46. The number of ether oxygens (including phenoxy) is 2. The van der Waals surface area contributed by atoms with Crippen molar-refractivity contribution >= 4 is 11.6 Å². The van der Waals surface area contributed by atoms with Crippen LogP contribution in [0.15, 0.2) is 11.1 Å². The highest BCUT2D eigenvalue weighted by Gasteiger charge is 2.14. The molecule has 0 N–H and O–H groups in total. The third kappa shape index (κ3) is 1.97. The molecule has 0 aliphatic carbocycles. The van der Waals surface area contributed by atoms with Crippen molar-refractivity contribution in [3.8, 4) is 0 Å². The van der Waals surface area contributed by atoms with E-state index in [0.29, 0.717) is 0 Å². The highest BCUT2D eigenvalue weighted by atomic mass is 35.5. The molecule has 0 saturated carbocycles. The highest BCUT2D eigenvalue weighted by molar-refractivity contribution is 6.25. The first-order chi connectivity index (χ1) is 4.84. The molecule has 0 aromatic carbocycles. The van der Waals surface area contributed by atoms with Gasteiger partial charge in [-0.15, -0.1) is 0 Å². The lowest BCUT2D eigenvalue weighted by molar-refractivity contribution is -0.156. The van der Waals surface area contributed by atoms with Gasteiger partial charge in [0, 0.05) is 5.54 Å². The molecular weight excluding hydrogens is 152 g/mol. The fourth-order valence-electron chi connectivity index (χ4n) is 0.802. The molecule has 10 heavy (non-hydrogen) atoms. The highest BCUT2D eigenvalue weighted by Crippen LogP contribution is 2.13. The van der Waals surface area contributed by atoms with Gasteiger partial charge in [0.2, 0.25) is 0 Å². The summed E-state index contributed by atoms with van der Waals surface area (Å²) in [4.78, 5) is 0. The zero-order valence-electron chi connectivity index (χ0n) is 5.97. The zero-order valence-corrected chi connectivity index (χ0v) is 6.73. The third-order valence-corrected chi connectivity index (χ3v) is 1.72. The van der Waals surface area contributed by atoms with E-state index in [0.717, 1.165) is 25.2 Å². The van der Waals surface area contributed by atoms with Crippen LogP contribution >= 0.6 is 11.6 Å². The molecule has 1 fully saturated rings. The van der Waals surface area contributed by atoms with E-state index in [9.17, 15) is 0 Å². The van der Waals surface area contributed by atoms with Crippen LogP contribution in [0.4, 0.5) is 0 Å². The first-order valence-electron chi connectivity index (χ1n) is 3.34. The summed E-state index contributed by atoms with van der Waals surface area (Å²) < 4.78 is 10.5. The van der Waals surface area contributed by atoms with Crippen LogP contribution in [0.3, 0.4) is 0 Å². The average molecular weight is 163 g/mol. The van der Waals surface area contributed by atoms with E-state index in [1.807, 2.05) is 6.92 Å². The molecule has 1 heterocycles. The summed E-state index contributed by atoms with van der Waals surface area (Å²) in [5, 5.41) is 0. The van der Waals surface area contributed by atoms with Crippen molar-refractivity contribution in [1.29, 1.82) is 0 Å². The molecule has 0 aromatic rings. The number of hydrogen-bond acceptors (Lipinski definition) is 2. The molecule has 0 atom stereocenters. The Labute approximate surface area is 65.8 Å². The summed E-state index contributed by atoms with van der Waals surface area (Å²) in [6, 6.07) is 0. The summed E-state index contributed by atoms with van der Waals surface area (Å²) in [5.74, 6) is 0. The molecule has 0 unspecified atom stereocenters. The smallest absolute Gasteiger partial charge is 0.180 e. The minimum Gasteiger partial charge on any atom is -0.349 e.